The Morgan fingerprint density at radius 2 is 2.00 bits per heavy atom. The van der Waals surface area contributed by atoms with Crippen LogP contribution in [-0.4, -0.2) is 11.1 Å². The van der Waals surface area contributed by atoms with E-state index in [9.17, 15) is 9.90 Å². The van der Waals surface area contributed by atoms with Crippen molar-refractivity contribution >= 4 is 5.97 Å². The third-order valence-electron chi connectivity index (χ3n) is 4.62. The predicted octanol–water partition coefficient (Wildman–Crippen LogP) is 2.85. The van der Waals surface area contributed by atoms with Crippen LogP contribution in [0.3, 0.4) is 0 Å². The van der Waals surface area contributed by atoms with Gasteiger partial charge in [0.15, 0.2) is 0 Å². The topological polar surface area (TPSA) is 37.3 Å². The molecule has 4 atom stereocenters. The summed E-state index contributed by atoms with van der Waals surface area (Å²) in [6.07, 6.45) is 5.29. The van der Waals surface area contributed by atoms with Gasteiger partial charge in [-0.3, -0.25) is 4.79 Å². The number of carboxylic acid groups (broad SMARTS) is 1. The summed E-state index contributed by atoms with van der Waals surface area (Å²) >= 11 is 0. The lowest BCUT2D eigenvalue weighted by Gasteiger charge is -2.37. The first-order valence-electron chi connectivity index (χ1n) is 6.10. The second-order valence-electron chi connectivity index (χ2n) is 5.36. The van der Waals surface area contributed by atoms with Crippen molar-refractivity contribution in [2.24, 2.45) is 17.8 Å². The molecule has 1 saturated carbocycles. The first-order chi connectivity index (χ1) is 8.14. The molecule has 0 saturated heterocycles. The number of carbonyl (C=O) groups is 1. The molecular formula is C15H16O2. The van der Waals surface area contributed by atoms with Gasteiger partial charge in [0, 0.05) is 5.41 Å². The highest BCUT2D eigenvalue weighted by Crippen LogP contribution is 2.57. The summed E-state index contributed by atoms with van der Waals surface area (Å²) in [4.78, 5) is 11.5. The molecule has 0 spiro atoms. The number of hydrogen-bond acceptors (Lipinski definition) is 1. The molecule has 2 nitrogen and oxygen atoms in total. The van der Waals surface area contributed by atoms with Gasteiger partial charge in [-0.1, -0.05) is 49.4 Å². The van der Waals surface area contributed by atoms with Crippen LogP contribution >= 0.6 is 0 Å². The smallest absolute Gasteiger partial charge is 0.308 e. The molecule has 1 N–H and O–H groups in total. The van der Waals surface area contributed by atoms with E-state index in [0.717, 1.165) is 12.0 Å². The van der Waals surface area contributed by atoms with Crippen LogP contribution in [0.15, 0.2) is 42.5 Å². The van der Waals surface area contributed by atoms with Gasteiger partial charge in [0.1, 0.15) is 0 Å². The molecule has 0 radical (unpaired) electrons. The Morgan fingerprint density at radius 1 is 1.29 bits per heavy atom. The van der Waals surface area contributed by atoms with E-state index in [2.05, 4.69) is 31.2 Å². The van der Waals surface area contributed by atoms with E-state index in [1.807, 2.05) is 18.2 Å². The lowest BCUT2D eigenvalue weighted by molar-refractivity contribution is -0.144. The molecule has 2 bridgehead atoms. The molecule has 88 valence electrons. The number of aliphatic carboxylic acids is 1. The molecule has 0 aliphatic heterocycles. The summed E-state index contributed by atoms with van der Waals surface area (Å²) < 4.78 is 0. The average Bonchev–Trinajstić information content (AvgIpc) is 2.89. The van der Waals surface area contributed by atoms with E-state index in [0.29, 0.717) is 5.92 Å². The van der Waals surface area contributed by atoms with Crippen molar-refractivity contribution < 1.29 is 9.90 Å². The second kappa shape index (κ2) is 3.46. The van der Waals surface area contributed by atoms with Crippen molar-refractivity contribution in [2.45, 2.75) is 18.8 Å². The van der Waals surface area contributed by atoms with Crippen LogP contribution in [0.25, 0.3) is 0 Å². The second-order valence-corrected chi connectivity index (χ2v) is 5.36. The summed E-state index contributed by atoms with van der Waals surface area (Å²) in [5.74, 6) is -0.355. The maximum Gasteiger partial charge on any atom is 0.308 e. The van der Waals surface area contributed by atoms with E-state index in [-0.39, 0.29) is 17.3 Å². The van der Waals surface area contributed by atoms with Gasteiger partial charge in [-0.25, -0.2) is 0 Å². The fraction of sp³-hybridized carbons (Fsp3) is 0.400. The van der Waals surface area contributed by atoms with Crippen molar-refractivity contribution in [3.05, 3.63) is 48.0 Å². The van der Waals surface area contributed by atoms with Gasteiger partial charge in [0.2, 0.25) is 0 Å². The summed E-state index contributed by atoms with van der Waals surface area (Å²) in [5, 5.41) is 9.50. The van der Waals surface area contributed by atoms with Crippen LogP contribution in [-0.2, 0) is 10.2 Å². The highest BCUT2D eigenvalue weighted by molar-refractivity contribution is 5.75. The van der Waals surface area contributed by atoms with Gasteiger partial charge in [0.05, 0.1) is 5.92 Å². The Balaban J connectivity index is 2.12. The molecule has 3 rings (SSSR count). The molecule has 4 unspecified atom stereocenters. The van der Waals surface area contributed by atoms with E-state index < -0.39 is 5.97 Å². The van der Waals surface area contributed by atoms with Gasteiger partial charge < -0.3 is 5.11 Å². The van der Waals surface area contributed by atoms with Crippen LogP contribution in [0.5, 0.6) is 0 Å². The number of benzene rings is 1. The Labute approximate surface area is 101 Å². The Morgan fingerprint density at radius 3 is 2.65 bits per heavy atom. The third kappa shape index (κ3) is 1.30. The van der Waals surface area contributed by atoms with Crippen molar-refractivity contribution in [3.8, 4) is 0 Å². The van der Waals surface area contributed by atoms with Crippen LogP contribution in [0, 0.1) is 17.8 Å². The number of hydrogen-bond donors (Lipinski definition) is 1. The van der Waals surface area contributed by atoms with Crippen molar-refractivity contribution in [1.82, 2.24) is 0 Å². The SMILES string of the molecule is CC1(c2ccccc2)C2C=CC(C2)C1C(=O)O. The van der Waals surface area contributed by atoms with Gasteiger partial charge in [-0.2, -0.15) is 0 Å². The van der Waals surface area contributed by atoms with Crippen LogP contribution in [0.4, 0.5) is 0 Å². The van der Waals surface area contributed by atoms with E-state index in [1.54, 1.807) is 0 Å². The summed E-state index contributed by atoms with van der Waals surface area (Å²) in [7, 11) is 0. The fourth-order valence-electron chi connectivity index (χ4n) is 3.72. The summed E-state index contributed by atoms with van der Waals surface area (Å²) in [5.41, 5.74) is 0.913. The number of fused-ring (bicyclic) bond motifs is 2. The monoisotopic (exact) mass is 228 g/mol. The van der Waals surface area contributed by atoms with Crippen LogP contribution in [0.1, 0.15) is 18.9 Å². The molecule has 0 aromatic heterocycles. The Bertz CT molecular complexity index is 477. The van der Waals surface area contributed by atoms with Crippen LogP contribution < -0.4 is 0 Å². The van der Waals surface area contributed by atoms with E-state index >= 15 is 0 Å². The van der Waals surface area contributed by atoms with E-state index in [1.165, 1.54) is 0 Å². The lowest BCUT2D eigenvalue weighted by atomic mass is 9.65. The Hall–Kier alpha value is -1.57. The minimum Gasteiger partial charge on any atom is -0.481 e. The van der Waals surface area contributed by atoms with Gasteiger partial charge in [-0.05, 0) is 23.8 Å². The zero-order chi connectivity index (χ0) is 12.0. The molecule has 1 aromatic carbocycles. The Kier molecular flexibility index (Phi) is 2.15. The van der Waals surface area contributed by atoms with Crippen molar-refractivity contribution in [3.63, 3.8) is 0 Å². The molecule has 2 aliphatic carbocycles. The number of rotatable bonds is 2. The molecule has 2 aliphatic rings. The van der Waals surface area contributed by atoms with Crippen molar-refractivity contribution in [1.29, 1.82) is 0 Å². The maximum absolute atomic E-state index is 11.5. The lowest BCUT2D eigenvalue weighted by Crippen LogP contribution is -2.40. The average molecular weight is 228 g/mol. The third-order valence-corrected chi connectivity index (χ3v) is 4.62. The fourth-order valence-corrected chi connectivity index (χ4v) is 3.72. The maximum atomic E-state index is 11.5. The zero-order valence-corrected chi connectivity index (χ0v) is 9.84. The standard InChI is InChI=1S/C15H16O2/c1-15(11-5-3-2-4-6-11)12-8-7-10(9-12)13(15)14(16)17/h2-8,10,12-13H,9H2,1H3,(H,16,17). The largest absolute Gasteiger partial charge is 0.481 e. The number of carboxylic acids is 1. The zero-order valence-electron chi connectivity index (χ0n) is 9.84. The molecule has 1 fully saturated rings. The highest BCUT2D eigenvalue weighted by Gasteiger charge is 2.56. The molecule has 0 heterocycles. The number of allylic oxidation sites excluding steroid dienone is 2. The molecule has 17 heavy (non-hydrogen) atoms. The first kappa shape index (κ1) is 10.6. The van der Waals surface area contributed by atoms with Crippen molar-refractivity contribution in [2.75, 3.05) is 0 Å². The van der Waals surface area contributed by atoms with Gasteiger partial charge >= 0.3 is 5.97 Å². The highest BCUT2D eigenvalue weighted by atomic mass is 16.4. The predicted molar refractivity (Wildman–Crippen MR) is 65.7 cm³/mol. The molecule has 1 aromatic rings. The quantitative estimate of drug-likeness (QED) is 0.790. The molecule has 2 heteroatoms. The summed E-state index contributed by atoms with van der Waals surface area (Å²) in [6.45, 7) is 2.11. The summed E-state index contributed by atoms with van der Waals surface area (Å²) in [6, 6.07) is 10.1. The normalized spacial score (nSPS) is 38.5. The minimum absolute atomic E-state index is 0.211. The van der Waals surface area contributed by atoms with E-state index in [4.69, 9.17) is 0 Å². The first-order valence-corrected chi connectivity index (χ1v) is 6.10. The van der Waals surface area contributed by atoms with Crippen LogP contribution in [0.2, 0.25) is 0 Å². The van der Waals surface area contributed by atoms with Gasteiger partial charge in [0.25, 0.3) is 0 Å². The molecular weight excluding hydrogens is 212 g/mol. The minimum atomic E-state index is -0.659. The molecule has 0 amide bonds. The van der Waals surface area contributed by atoms with Gasteiger partial charge in [-0.15, -0.1) is 0 Å².